The number of anilines is 1. The minimum Gasteiger partial charge on any atom is -0.322 e. The summed E-state index contributed by atoms with van der Waals surface area (Å²) < 4.78 is 25.2. The smallest absolute Gasteiger partial charge is 0.248 e. The van der Waals surface area contributed by atoms with Gasteiger partial charge in [-0.3, -0.25) is 4.79 Å². The summed E-state index contributed by atoms with van der Waals surface area (Å²) in [5.41, 5.74) is 3.78. The monoisotopic (exact) mass is 443 g/mol. The summed E-state index contributed by atoms with van der Waals surface area (Å²) in [4.78, 5) is 12.6. The Balaban J connectivity index is 1.62. The van der Waals surface area contributed by atoms with Crippen LogP contribution in [-0.2, 0) is 14.6 Å². The van der Waals surface area contributed by atoms with Crippen molar-refractivity contribution in [2.24, 2.45) is 0 Å². The van der Waals surface area contributed by atoms with E-state index >= 15 is 0 Å². The molecule has 160 valence electrons. The maximum absolute atomic E-state index is 12.5. The molecule has 0 aliphatic carbocycles. The summed E-state index contributed by atoms with van der Waals surface area (Å²) in [7, 11) is -3.36. The Kier molecular flexibility index (Phi) is 6.00. The van der Waals surface area contributed by atoms with Crippen LogP contribution in [0, 0.1) is 0 Å². The Morgan fingerprint density at radius 1 is 0.938 bits per heavy atom. The van der Waals surface area contributed by atoms with Crippen molar-refractivity contribution in [1.82, 2.24) is 9.78 Å². The number of carbonyl (C=O) groups is 1. The number of sulfone groups is 1. The van der Waals surface area contributed by atoms with Crippen LogP contribution in [0.3, 0.4) is 0 Å². The number of hydrogen-bond acceptors (Lipinski definition) is 4. The first-order valence-electron chi connectivity index (χ1n) is 9.90. The fourth-order valence-electron chi connectivity index (χ4n) is 3.20. The van der Waals surface area contributed by atoms with Crippen molar-refractivity contribution in [3.63, 3.8) is 0 Å². The minimum atomic E-state index is -3.36. The largest absolute Gasteiger partial charge is 0.322 e. The molecule has 32 heavy (non-hydrogen) atoms. The van der Waals surface area contributed by atoms with Gasteiger partial charge in [-0.05, 0) is 36.4 Å². The van der Waals surface area contributed by atoms with Gasteiger partial charge < -0.3 is 5.32 Å². The number of rotatable bonds is 6. The summed E-state index contributed by atoms with van der Waals surface area (Å²) in [5.74, 6) is -0.373. The molecule has 0 spiro atoms. The van der Waals surface area contributed by atoms with E-state index in [1.807, 2.05) is 66.9 Å². The lowest BCUT2D eigenvalue weighted by molar-refractivity contribution is -0.111. The van der Waals surface area contributed by atoms with Gasteiger partial charge in [0.05, 0.1) is 16.3 Å². The van der Waals surface area contributed by atoms with Crippen LogP contribution in [0.1, 0.15) is 5.56 Å². The second-order valence-electron chi connectivity index (χ2n) is 7.20. The van der Waals surface area contributed by atoms with Crippen molar-refractivity contribution in [2.75, 3.05) is 11.6 Å². The molecule has 0 saturated heterocycles. The Bertz CT molecular complexity index is 1380. The zero-order valence-electron chi connectivity index (χ0n) is 17.3. The summed E-state index contributed by atoms with van der Waals surface area (Å²) >= 11 is 0. The molecule has 0 fully saturated rings. The Morgan fingerprint density at radius 2 is 1.62 bits per heavy atom. The zero-order chi connectivity index (χ0) is 22.6. The number of nitrogens with zero attached hydrogens (tertiary/aromatic N) is 2. The van der Waals surface area contributed by atoms with Crippen molar-refractivity contribution in [3.05, 3.63) is 103 Å². The zero-order valence-corrected chi connectivity index (χ0v) is 18.2. The number of aromatic nitrogens is 2. The Morgan fingerprint density at radius 3 is 2.31 bits per heavy atom. The summed E-state index contributed by atoms with van der Waals surface area (Å²) in [5, 5.41) is 7.42. The van der Waals surface area contributed by atoms with E-state index in [0.29, 0.717) is 5.69 Å². The summed E-state index contributed by atoms with van der Waals surface area (Å²) in [6, 6.07) is 25.6. The lowest BCUT2D eigenvalue weighted by Crippen LogP contribution is -2.08. The molecule has 0 aliphatic heterocycles. The van der Waals surface area contributed by atoms with Gasteiger partial charge in [0.25, 0.3) is 0 Å². The molecule has 0 atom stereocenters. The van der Waals surface area contributed by atoms with Crippen molar-refractivity contribution >= 4 is 27.5 Å². The molecule has 0 aliphatic rings. The van der Waals surface area contributed by atoms with Crippen molar-refractivity contribution in [2.45, 2.75) is 4.90 Å². The first-order chi connectivity index (χ1) is 15.4. The van der Waals surface area contributed by atoms with E-state index in [9.17, 15) is 13.2 Å². The molecule has 4 rings (SSSR count). The van der Waals surface area contributed by atoms with Crippen LogP contribution >= 0.6 is 0 Å². The molecule has 6 nitrogen and oxygen atoms in total. The maximum Gasteiger partial charge on any atom is 0.248 e. The topological polar surface area (TPSA) is 81.1 Å². The second kappa shape index (κ2) is 9.03. The number of amides is 1. The van der Waals surface area contributed by atoms with Crippen LogP contribution in [0.4, 0.5) is 5.69 Å². The van der Waals surface area contributed by atoms with E-state index < -0.39 is 9.84 Å². The number of benzene rings is 3. The molecule has 7 heteroatoms. The number of carbonyl (C=O) groups excluding carboxylic acids is 1. The standard InChI is InChI=1S/C25H21N3O3S/c1-32(30,31)23-14-8-11-21(17-23)26-24(29)16-15-20-18-28(22-12-6-3-7-13-22)27-25(20)19-9-4-2-5-10-19/h2-18H,1H3,(H,26,29)/b16-15+. The van der Waals surface area contributed by atoms with Crippen molar-refractivity contribution < 1.29 is 13.2 Å². The van der Waals surface area contributed by atoms with Gasteiger partial charge in [0.1, 0.15) is 0 Å². The molecule has 1 amide bonds. The number of nitrogens with one attached hydrogen (secondary N) is 1. The highest BCUT2D eigenvalue weighted by molar-refractivity contribution is 7.90. The van der Waals surface area contributed by atoms with E-state index in [4.69, 9.17) is 5.10 Å². The molecule has 0 radical (unpaired) electrons. The average Bonchev–Trinajstić information content (AvgIpc) is 3.23. The molecule has 4 aromatic rings. The fourth-order valence-corrected chi connectivity index (χ4v) is 3.86. The third-order valence-electron chi connectivity index (χ3n) is 4.75. The summed E-state index contributed by atoms with van der Waals surface area (Å²) in [6.45, 7) is 0. The quantitative estimate of drug-likeness (QED) is 0.442. The molecule has 1 heterocycles. The van der Waals surface area contributed by atoms with E-state index in [1.54, 1.807) is 22.9 Å². The third kappa shape index (κ3) is 5.01. The van der Waals surface area contributed by atoms with Gasteiger partial charge in [-0.25, -0.2) is 13.1 Å². The third-order valence-corrected chi connectivity index (χ3v) is 5.86. The molecular weight excluding hydrogens is 422 g/mol. The van der Waals surface area contributed by atoms with Crippen molar-refractivity contribution in [3.8, 4) is 16.9 Å². The van der Waals surface area contributed by atoms with Crippen LogP contribution in [0.5, 0.6) is 0 Å². The Hall–Kier alpha value is -3.97. The minimum absolute atomic E-state index is 0.148. The average molecular weight is 444 g/mol. The van der Waals surface area contributed by atoms with Crippen LogP contribution in [0.2, 0.25) is 0 Å². The van der Waals surface area contributed by atoms with Gasteiger partial charge >= 0.3 is 0 Å². The molecule has 1 aromatic heterocycles. The second-order valence-corrected chi connectivity index (χ2v) is 9.22. The van der Waals surface area contributed by atoms with Gasteiger partial charge in [0.2, 0.25) is 5.91 Å². The summed E-state index contributed by atoms with van der Waals surface area (Å²) in [6.07, 6.45) is 6.10. The highest BCUT2D eigenvalue weighted by atomic mass is 32.2. The normalized spacial score (nSPS) is 11.5. The van der Waals surface area contributed by atoms with Gasteiger partial charge in [-0.15, -0.1) is 0 Å². The fraction of sp³-hybridized carbons (Fsp3) is 0.0400. The SMILES string of the molecule is CS(=O)(=O)c1cccc(NC(=O)/C=C/c2cn(-c3ccccc3)nc2-c2ccccc2)c1. The predicted octanol–water partition coefficient (Wildman–Crippen LogP) is 4.59. The first kappa shape index (κ1) is 21.3. The van der Waals surface area contributed by atoms with E-state index in [-0.39, 0.29) is 10.8 Å². The lowest BCUT2D eigenvalue weighted by Gasteiger charge is -2.04. The van der Waals surface area contributed by atoms with Crippen molar-refractivity contribution in [1.29, 1.82) is 0 Å². The maximum atomic E-state index is 12.5. The van der Waals surface area contributed by atoms with Crippen LogP contribution in [0.25, 0.3) is 23.0 Å². The van der Waals surface area contributed by atoms with Gasteiger partial charge in [-0.1, -0.05) is 54.6 Å². The number of hydrogen-bond donors (Lipinski definition) is 1. The molecular formula is C25H21N3O3S. The molecule has 3 aromatic carbocycles. The highest BCUT2D eigenvalue weighted by Crippen LogP contribution is 2.25. The van der Waals surface area contributed by atoms with Crippen LogP contribution in [0.15, 0.2) is 102 Å². The van der Waals surface area contributed by atoms with Crippen LogP contribution in [-0.4, -0.2) is 30.4 Å². The lowest BCUT2D eigenvalue weighted by atomic mass is 10.1. The molecule has 1 N–H and O–H groups in total. The highest BCUT2D eigenvalue weighted by Gasteiger charge is 2.11. The molecule has 0 saturated carbocycles. The van der Waals surface area contributed by atoms with Gasteiger partial charge in [0, 0.05) is 35.3 Å². The first-order valence-corrected chi connectivity index (χ1v) is 11.8. The number of para-hydroxylation sites is 1. The van der Waals surface area contributed by atoms with Gasteiger partial charge in [-0.2, -0.15) is 5.10 Å². The van der Waals surface area contributed by atoms with Crippen LogP contribution < -0.4 is 5.32 Å². The molecule has 0 unspecified atom stereocenters. The van der Waals surface area contributed by atoms with Gasteiger partial charge in [0.15, 0.2) is 9.84 Å². The Labute approximate surface area is 186 Å². The van der Waals surface area contributed by atoms with E-state index in [2.05, 4.69) is 5.32 Å². The predicted molar refractivity (Wildman–Crippen MR) is 126 cm³/mol. The van der Waals surface area contributed by atoms with E-state index in [1.165, 1.54) is 18.2 Å². The molecule has 0 bridgehead atoms. The van der Waals surface area contributed by atoms with E-state index in [0.717, 1.165) is 28.8 Å².